The van der Waals surface area contributed by atoms with Gasteiger partial charge in [0.25, 0.3) is 0 Å². The summed E-state index contributed by atoms with van der Waals surface area (Å²) in [6.07, 6.45) is 6.71. The van der Waals surface area contributed by atoms with Gasteiger partial charge in [-0.25, -0.2) is 0 Å². The number of rotatable bonds is 7. The van der Waals surface area contributed by atoms with Gasteiger partial charge < -0.3 is 15.4 Å². The van der Waals surface area contributed by atoms with E-state index in [-0.39, 0.29) is 28.7 Å². The normalized spacial score (nSPS) is 21.5. The molecule has 1 aromatic rings. The highest BCUT2D eigenvalue weighted by molar-refractivity contribution is 14.0. The van der Waals surface area contributed by atoms with Gasteiger partial charge in [0.2, 0.25) is 0 Å². The molecule has 0 spiro atoms. The van der Waals surface area contributed by atoms with Crippen LogP contribution in [0, 0.1) is 0 Å². The number of halogens is 1. The molecule has 170 valence electrons. The van der Waals surface area contributed by atoms with Crippen molar-refractivity contribution in [3.63, 3.8) is 0 Å². The lowest BCUT2D eigenvalue weighted by Crippen LogP contribution is -2.49. The smallest absolute Gasteiger partial charge is 0.191 e. The van der Waals surface area contributed by atoms with Crippen molar-refractivity contribution in [3.05, 3.63) is 35.9 Å². The average molecular weight is 547 g/mol. The Bertz CT molecular complexity index is 631. The van der Waals surface area contributed by atoms with Crippen molar-refractivity contribution in [2.75, 3.05) is 45.6 Å². The first kappa shape index (κ1) is 25.7. The molecule has 0 radical (unpaired) electrons. The zero-order valence-corrected chi connectivity index (χ0v) is 21.9. The highest BCUT2D eigenvalue weighted by Crippen LogP contribution is 2.34. The maximum absolute atomic E-state index is 5.57. The minimum Gasteiger partial charge on any atom is -0.381 e. The molecule has 2 fully saturated rings. The number of aliphatic imine (C=N–C) groups is 1. The van der Waals surface area contributed by atoms with Crippen LogP contribution in [0.3, 0.4) is 0 Å². The summed E-state index contributed by atoms with van der Waals surface area (Å²) in [5.74, 6) is 0.974. The number of hydrogen-bond donors (Lipinski definition) is 2. The van der Waals surface area contributed by atoms with Crippen molar-refractivity contribution < 1.29 is 4.74 Å². The van der Waals surface area contributed by atoms with Crippen molar-refractivity contribution in [1.29, 1.82) is 0 Å². The lowest BCUT2D eigenvalue weighted by Gasteiger charge is -2.37. The molecule has 3 rings (SSSR count). The van der Waals surface area contributed by atoms with Crippen molar-refractivity contribution >= 4 is 41.7 Å². The zero-order chi connectivity index (χ0) is 20.5. The SMILES string of the molecule is CCNC(=NCC1(SC)CCOCC1)NC1CCN(C(C)c2ccccc2)CC1.I. The van der Waals surface area contributed by atoms with Crippen molar-refractivity contribution in [2.24, 2.45) is 4.99 Å². The standard InChI is InChI=1S/C23H38N4OS.HI/c1-4-24-22(25-18-23(29-3)12-16-28-17-13-23)26-21-10-14-27(15-11-21)19(2)20-8-6-5-7-9-20;/h5-9,19,21H,4,10-18H2,1-3H3,(H2,24,25,26);1H. The molecule has 2 saturated heterocycles. The van der Waals surface area contributed by atoms with Crippen LogP contribution in [-0.4, -0.2) is 67.3 Å². The molecule has 0 saturated carbocycles. The quantitative estimate of drug-likeness (QED) is 0.304. The lowest BCUT2D eigenvalue weighted by atomic mass is 9.99. The molecule has 2 N–H and O–H groups in total. The summed E-state index contributed by atoms with van der Waals surface area (Å²) >= 11 is 1.95. The molecular weight excluding hydrogens is 507 g/mol. The zero-order valence-electron chi connectivity index (χ0n) is 18.7. The second kappa shape index (κ2) is 13.1. The van der Waals surface area contributed by atoms with Gasteiger partial charge in [-0.15, -0.1) is 24.0 Å². The van der Waals surface area contributed by atoms with Crippen LogP contribution in [-0.2, 0) is 4.74 Å². The Kier molecular flexibility index (Phi) is 11.3. The molecule has 2 heterocycles. The van der Waals surface area contributed by atoms with Gasteiger partial charge in [-0.2, -0.15) is 11.8 Å². The van der Waals surface area contributed by atoms with E-state index in [2.05, 4.69) is 66.0 Å². The van der Waals surface area contributed by atoms with Gasteiger partial charge in [-0.3, -0.25) is 9.89 Å². The number of guanidine groups is 1. The van der Waals surface area contributed by atoms with Crippen LogP contribution < -0.4 is 10.6 Å². The Morgan fingerprint density at radius 2 is 1.90 bits per heavy atom. The Labute approximate surface area is 204 Å². The second-order valence-corrected chi connectivity index (χ2v) is 9.51. The van der Waals surface area contributed by atoms with E-state index in [1.54, 1.807) is 0 Å². The third-order valence-electron chi connectivity index (χ3n) is 6.41. The highest BCUT2D eigenvalue weighted by atomic mass is 127. The van der Waals surface area contributed by atoms with Gasteiger partial charge in [0.05, 0.1) is 6.54 Å². The second-order valence-electron chi connectivity index (χ2n) is 8.24. The number of likely N-dealkylation sites (tertiary alicyclic amines) is 1. The van der Waals surface area contributed by atoms with Crippen molar-refractivity contribution in [3.8, 4) is 0 Å². The number of nitrogens with one attached hydrogen (secondary N) is 2. The number of ether oxygens (including phenoxy) is 1. The molecule has 0 bridgehead atoms. The fourth-order valence-corrected chi connectivity index (χ4v) is 5.05. The molecule has 0 aromatic heterocycles. The summed E-state index contributed by atoms with van der Waals surface area (Å²) in [5.41, 5.74) is 1.41. The largest absolute Gasteiger partial charge is 0.381 e. The highest BCUT2D eigenvalue weighted by Gasteiger charge is 2.32. The van der Waals surface area contributed by atoms with Gasteiger partial charge in [0.15, 0.2) is 5.96 Å². The first-order chi connectivity index (χ1) is 14.2. The molecule has 1 atom stereocenters. The molecule has 2 aliphatic heterocycles. The first-order valence-electron chi connectivity index (χ1n) is 11.1. The van der Waals surface area contributed by atoms with Gasteiger partial charge in [-0.1, -0.05) is 30.3 Å². The fraction of sp³-hybridized carbons (Fsp3) is 0.696. The van der Waals surface area contributed by atoms with E-state index >= 15 is 0 Å². The van der Waals surface area contributed by atoms with E-state index in [0.29, 0.717) is 12.1 Å². The number of thioether (sulfide) groups is 1. The van der Waals surface area contributed by atoms with Crippen LogP contribution in [0.15, 0.2) is 35.3 Å². The van der Waals surface area contributed by atoms with E-state index < -0.39 is 0 Å². The van der Waals surface area contributed by atoms with Crippen molar-refractivity contribution in [1.82, 2.24) is 15.5 Å². The minimum atomic E-state index is 0. The molecule has 7 heteroatoms. The topological polar surface area (TPSA) is 48.9 Å². The Balaban J connectivity index is 0.00000320. The summed E-state index contributed by atoms with van der Waals surface area (Å²) < 4.78 is 5.80. The van der Waals surface area contributed by atoms with Gasteiger partial charge in [-0.05, 0) is 51.3 Å². The third kappa shape index (κ3) is 7.28. The van der Waals surface area contributed by atoms with Crippen molar-refractivity contribution in [2.45, 2.75) is 56.4 Å². The summed E-state index contributed by atoms with van der Waals surface area (Å²) in [6, 6.07) is 11.8. The number of benzene rings is 1. The molecule has 5 nitrogen and oxygen atoms in total. The van der Waals surface area contributed by atoms with E-state index in [4.69, 9.17) is 9.73 Å². The van der Waals surface area contributed by atoms with E-state index in [1.807, 2.05) is 11.8 Å². The average Bonchev–Trinajstić information content (AvgIpc) is 2.79. The summed E-state index contributed by atoms with van der Waals surface area (Å²) in [6.45, 7) is 10.2. The molecule has 1 unspecified atom stereocenters. The Morgan fingerprint density at radius 1 is 1.23 bits per heavy atom. The van der Waals surface area contributed by atoms with Crippen LogP contribution in [0.4, 0.5) is 0 Å². The third-order valence-corrected chi connectivity index (χ3v) is 7.81. The van der Waals surface area contributed by atoms with Crippen LogP contribution in [0.1, 0.15) is 51.1 Å². The summed E-state index contributed by atoms with van der Waals surface area (Å²) in [7, 11) is 0. The lowest BCUT2D eigenvalue weighted by molar-refractivity contribution is 0.0794. The predicted molar refractivity (Wildman–Crippen MR) is 140 cm³/mol. The van der Waals surface area contributed by atoms with Crippen LogP contribution >= 0.6 is 35.7 Å². The molecule has 0 aliphatic carbocycles. The molecule has 1 aromatic carbocycles. The molecular formula is C23H39IN4OS. The number of piperidine rings is 1. The van der Waals surface area contributed by atoms with E-state index in [0.717, 1.165) is 71.0 Å². The predicted octanol–water partition coefficient (Wildman–Crippen LogP) is 4.30. The molecule has 2 aliphatic rings. The van der Waals surface area contributed by atoms with Crippen LogP contribution in [0.2, 0.25) is 0 Å². The Morgan fingerprint density at radius 3 is 2.50 bits per heavy atom. The van der Waals surface area contributed by atoms with Gasteiger partial charge >= 0.3 is 0 Å². The first-order valence-corrected chi connectivity index (χ1v) is 12.3. The van der Waals surface area contributed by atoms with E-state index in [9.17, 15) is 0 Å². The van der Waals surface area contributed by atoms with Gasteiger partial charge in [0, 0.05) is 49.7 Å². The summed E-state index contributed by atoms with van der Waals surface area (Å²) in [4.78, 5) is 7.58. The molecule has 0 amide bonds. The number of nitrogens with zero attached hydrogens (tertiary/aromatic N) is 2. The van der Waals surface area contributed by atoms with Gasteiger partial charge in [0.1, 0.15) is 0 Å². The fourth-order valence-electron chi connectivity index (χ4n) is 4.28. The number of hydrogen-bond acceptors (Lipinski definition) is 4. The monoisotopic (exact) mass is 546 g/mol. The maximum Gasteiger partial charge on any atom is 0.191 e. The molecule has 30 heavy (non-hydrogen) atoms. The minimum absolute atomic E-state index is 0. The maximum atomic E-state index is 5.57. The van der Waals surface area contributed by atoms with Crippen LogP contribution in [0.5, 0.6) is 0 Å². The Hall–Kier alpha value is -0.510. The van der Waals surface area contributed by atoms with E-state index in [1.165, 1.54) is 5.56 Å². The van der Waals surface area contributed by atoms with Crippen LogP contribution in [0.25, 0.3) is 0 Å². The summed E-state index contributed by atoms with van der Waals surface area (Å²) in [5, 5.41) is 7.16.